The largest absolute Gasteiger partial charge is 0.421 e. The van der Waals surface area contributed by atoms with E-state index in [2.05, 4.69) is 26.1 Å². The van der Waals surface area contributed by atoms with Crippen molar-refractivity contribution in [3.8, 4) is 0 Å². The molecule has 1 fully saturated rings. The summed E-state index contributed by atoms with van der Waals surface area (Å²) in [5.74, 6) is -1.81. The fraction of sp³-hybridized carbons (Fsp3) is 0.400. The van der Waals surface area contributed by atoms with Crippen LogP contribution < -0.4 is 0 Å². The van der Waals surface area contributed by atoms with E-state index < -0.39 is 26.6 Å². The number of aromatic nitrogens is 2. The van der Waals surface area contributed by atoms with Gasteiger partial charge in [-0.25, -0.2) is 12.8 Å². The summed E-state index contributed by atoms with van der Waals surface area (Å²) in [6, 6.07) is 5.74. The Bertz CT molecular complexity index is 898. The zero-order valence-electron chi connectivity index (χ0n) is 12.7. The molecule has 9 heteroatoms. The first-order chi connectivity index (χ1) is 11.2. The molecule has 24 heavy (non-hydrogen) atoms. The van der Waals surface area contributed by atoms with Gasteiger partial charge in [0, 0.05) is 30.2 Å². The molecule has 0 amide bonds. The number of carbonyl (C=O) groups is 1. The summed E-state index contributed by atoms with van der Waals surface area (Å²) in [4.78, 5) is 11.4. The molecule has 1 aromatic heterocycles. The maximum absolute atomic E-state index is 16.1. The van der Waals surface area contributed by atoms with E-state index in [1.165, 1.54) is 25.1 Å². The highest BCUT2D eigenvalue weighted by Crippen LogP contribution is 2.48. The van der Waals surface area contributed by atoms with Crippen LogP contribution in [0.15, 0.2) is 38.1 Å². The SMILES string of the molecule is Cc1nnc(C(F)(C2CCC(=O)C2)S(=O)(=O)c2cccc(Br)c2)o1. The number of halogens is 2. The Balaban J connectivity index is 2.19. The van der Waals surface area contributed by atoms with Crippen molar-refractivity contribution in [3.05, 3.63) is 40.5 Å². The first-order valence-electron chi connectivity index (χ1n) is 7.26. The summed E-state index contributed by atoms with van der Waals surface area (Å²) in [5, 5.41) is 4.22. The number of aryl methyl sites for hydroxylation is 1. The number of benzene rings is 1. The van der Waals surface area contributed by atoms with Crippen LogP contribution in [0.3, 0.4) is 0 Å². The molecule has 3 rings (SSSR count). The van der Waals surface area contributed by atoms with Gasteiger partial charge in [-0.1, -0.05) is 22.0 Å². The van der Waals surface area contributed by atoms with E-state index in [1.807, 2.05) is 0 Å². The van der Waals surface area contributed by atoms with Crippen LogP contribution in [-0.4, -0.2) is 24.4 Å². The number of rotatable bonds is 4. The third-order valence-corrected chi connectivity index (χ3v) is 6.74. The van der Waals surface area contributed by atoms with Crippen LogP contribution in [0.5, 0.6) is 0 Å². The third-order valence-electron chi connectivity index (χ3n) is 4.09. The number of alkyl halides is 1. The average Bonchev–Trinajstić information content (AvgIpc) is 3.15. The van der Waals surface area contributed by atoms with Crippen molar-refractivity contribution in [3.63, 3.8) is 0 Å². The van der Waals surface area contributed by atoms with Crippen molar-refractivity contribution in [1.82, 2.24) is 10.2 Å². The Morgan fingerprint density at radius 1 is 1.38 bits per heavy atom. The number of carbonyl (C=O) groups excluding carboxylic acids is 1. The zero-order chi connectivity index (χ0) is 17.5. The Hall–Kier alpha value is -1.61. The van der Waals surface area contributed by atoms with Gasteiger partial charge < -0.3 is 4.42 Å². The number of nitrogens with zero attached hydrogens (tertiary/aromatic N) is 2. The van der Waals surface area contributed by atoms with E-state index in [0.717, 1.165) is 0 Å². The number of Topliss-reactive ketones (excluding diaryl/α,β-unsaturated/α-hetero) is 1. The molecule has 2 unspecified atom stereocenters. The molecule has 2 atom stereocenters. The molecule has 128 valence electrons. The number of sulfone groups is 1. The Labute approximate surface area is 146 Å². The molecule has 1 saturated carbocycles. The molecule has 0 aliphatic heterocycles. The summed E-state index contributed by atoms with van der Waals surface area (Å²) in [5.41, 5.74) is 0. The van der Waals surface area contributed by atoms with Crippen molar-refractivity contribution in [1.29, 1.82) is 0 Å². The van der Waals surface area contributed by atoms with E-state index in [-0.39, 0.29) is 35.8 Å². The highest BCUT2D eigenvalue weighted by Gasteiger charge is 2.59. The van der Waals surface area contributed by atoms with Crippen molar-refractivity contribution >= 4 is 31.6 Å². The minimum absolute atomic E-state index is 0.0563. The molecule has 0 bridgehead atoms. The quantitative estimate of drug-likeness (QED) is 0.760. The molecule has 0 N–H and O–H groups in total. The summed E-state index contributed by atoms with van der Waals surface area (Å²) in [6.07, 6.45) is 0.0760. The molecule has 0 spiro atoms. The molecule has 0 saturated heterocycles. The maximum atomic E-state index is 16.1. The molecule has 1 aromatic carbocycles. The van der Waals surface area contributed by atoms with Crippen LogP contribution in [0.1, 0.15) is 31.0 Å². The summed E-state index contributed by atoms with van der Waals surface area (Å²) in [6.45, 7) is 1.45. The first kappa shape index (κ1) is 17.2. The van der Waals surface area contributed by atoms with Crippen LogP contribution in [-0.2, 0) is 19.6 Å². The van der Waals surface area contributed by atoms with Gasteiger partial charge in [-0.15, -0.1) is 10.2 Å². The van der Waals surface area contributed by atoms with Crippen molar-refractivity contribution in [2.75, 3.05) is 0 Å². The van der Waals surface area contributed by atoms with Crippen LogP contribution >= 0.6 is 15.9 Å². The van der Waals surface area contributed by atoms with Crippen molar-refractivity contribution in [2.24, 2.45) is 5.92 Å². The van der Waals surface area contributed by atoms with Gasteiger partial charge in [0.05, 0.1) is 4.90 Å². The van der Waals surface area contributed by atoms with Crippen LogP contribution in [0.25, 0.3) is 0 Å². The zero-order valence-corrected chi connectivity index (χ0v) is 15.1. The fourth-order valence-corrected chi connectivity index (χ4v) is 5.27. The molecule has 1 aliphatic carbocycles. The third kappa shape index (κ3) is 2.69. The van der Waals surface area contributed by atoms with Crippen LogP contribution in [0.2, 0.25) is 0 Å². The molecule has 2 aromatic rings. The number of ketones is 1. The van der Waals surface area contributed by atoms with Gasteiger partial charge in [0.15, 0.2) is 0 Å². The average molecular weight is 417 g/mol. The van der Waals surface area contributed by atoms with Crippen LogP contribution in [0.4, 0.5) is 4.39 Å². The van der Waals surface area contributed by atoms with Gasteiger partial charge in [-0.2, -0.15) is 0 Å². The van der Waals surface area contributed by atoms with Gasteiger partial charge in [0.2, 0.25) is 15.7 Å². The van der Waals surface area contributed by atoms with Crippen molar-refractivity contribution < 1.29 is 22.0 Å². The number of hydrogen-bond acceptors (Lipinski definition) is 6. The fourth-order valence-electron chi connectivity index (χ4n) is 2.88. The second-order valence-corrected chi connectivity index (χ2v) is 8.70. The topological polar surface area (TPSA) is 90.1 Å². The molecule has 1 aliphatic rings. The second kappa shape index (κ2) is 6.03. The summed E-state index contributed by atoms with van der Waals surface area (Å²) < 4.78 is 47.8. The molecular formula is C15H14BrFN2O4S. The monoisotopic (exact) mass is 416 g/mol. The Morgan fingerprint density at radius 3 is 2.67 bits per heavy atom. The summed E-state index contributed by atoms with van der Waals surface area (Å²) >= 11 is 3.18. The molecule has 6 nitrogen and oxygen atoms in total. The van der Waals surface area contributed by atoms with E-state index in [0.29, 0.717) is 4.47 Å². The van der Waals surface area contributed by atoms with E-state index >= 15 is 4.39 Å². The first-order valence-corrected chi connectivity index (χ1v) is 9.54. The Morgan fingerprint density at radius 2 is 2.12 bits per heavy atom. The van der Waals surface area contributed by atoms with Gasteiger partial charge in [-0.05, 0) is 24.6 Å². The Kier molecular flexibility index (Phi) is 4.33. The maximum Gasteiger partial charge on any atom is 0.294 e. The van der Waals surface area contributed by atoms with Gasteiger partial charge in [-0.3, -0.25) is 4.79 Å². The minimum Gasteiger partial charge on any atom is -0.421 e. The lowest BCUT2D eigenvalue weighted by atomic mass is 10.0. The highest BCUT2D eigenvalue weighted by molar-refractivity contribution is 9.10. The smallest absolute Gasteiger partial charge is 0.294 e. The second-order valence-electron chi connectivity index (χ2n) is 5.71. The minimum atomic E-state index is -4.51. The van der Waals surface area contributed by atoms with E-state index in [4.69, 9.17) is 4.42 Å². The highest BCUT2D eigenvalue weighted by atomic mass is 79.9. The van der Waals surface area contributed by atoms with Crippen molar-refractivity contribution in [2.45, 2.75) is 36.1 Å². The van der Waals surface area contributed by atoms with Gasteiger partial charge in [0.1, 0.15) is 5.78 Å². The van der Waals surface area contributed by atoms with E-state index in [9.17, 15) is 13.2 Å². The van der Waals surface area contributed by atoms with Gasteiger partial charge in [0.25, 0.3) is 10.9 Å². The van der Waals surface area contributed by atoms with Crippen LogP contribution in [0, 0.1) is 12.8 Å². The van der Waals surface area contributed by atoms with E-state index in [1.54, 1.807) is 6.07 Å². The molecule has 1 heterocycles. The standard InChI is InChI=1S/C15H14BrFN2O4S/c1-9-18-19-14(23-9)15(17,10-5-6-12(20)7-10)24(21,22)13-4-2-3-11(16)8-13/h2-4,8,10H,5-7H2,1H3. The molecular weight excluding hydrogens is 403 g/mol. The lowest BCUT2D eigenvalue weighted by Crippen LogP contribution is -2.38. The normalized spacial score (nSPS) is 21.0. The lowest BCUT2D eigenvalue weighted by Gasteiger charge is -2.27. The number of hydrogen-bond donors (Lipinski definition) is 0. The predicted molar refractivity (Wildman–Crippen MR) is 85.5 cm³/mol. The lowest BCUT2D eigenvalue weighted by molar-refractivity contribution is -0.117. The summed E-state index contributed by atoms with van der Waals surface area (Å²) in [7, 11) is -4.51. The molecule has 0 radical (unpaired) electrons. The van der Waals surface area contributed by atoms with Gasteiger partial charge >= 0.3 is 0 Å². The predicted octanol–water partition coefficient (Wildman–Crippen LogP) is 3.11.